The summed E-state index contributed by atoms with van der Waals surface area (Å²) in [6, 6.07) is 0. The van der Waals surface area contributed by atoms with E-state index in [4.69, 9.17) is 0 Å². The second-order valence-electron chi connectivity index (χ2n) is 2.64. The highest BCUT2D eigenvalue weighted by Crippen LogP contribution is 2.05. The van der Waals surface area contributed by atoms with Gasteiger partial charge in [-0.25, -0.2) is 0 Å². The van der Waals surface area contributed by atoms with Gasteiger partial charge in [-0.1, -0.05) is 25.2 Å². The summed E-state index contributed by atoms with van der Waals surface area (Å²) >= 11 is 0. The largest absolute Gasteiger partial charge is 0.296 e. The molecule has 62 valence electrons. The van der Waals surface area contributed by atoms with Gasteiger partial charge in [0.1, 0.15) is 0 Å². The first-order valence-corrected chi connectivity index (χ1v) is 3.96. The predicted octanol–water partition coefficient (Wildman–Crippen LogP) is 2.99. The van der Waals surface area contributed by atoms with Gasteiger partial charge in [-0.3, -0.25) is 4.99 Å². The van der Waals surface area contributed by atoms with Crippen molar-refractivity contribution < 1.29 is 0 Å². The predicted molar refractivity (Wildman–Crippen MR) is 52.2 cm³/mol. The third kappa shape index (κ3) is 5.59. The minimum atomic E-state index is 0.981. The van der Waals surface area contributed by atoms with E-state index in [1.54, 1.807) is 7.05 Å². The molecule has 0 N–H and O–H groups in total. The van der Waals surface area contributed by atoms with Crippen LogP contribution in [0.2, 0.25) is 0 Å². The molecule has 0 unspecified atom stereocenters. The Kier molecular flexibility index (Phi) is 5.44. The van der Waals surface area contributed by atoms with Crippen molar-refractivity contribution in [1.82, 2.24) is 0 Å². The second kappa shape index (κ2) is 5.90. The van der Waals surface area contributed by atoms with Crippen LogP contribution < -0.4 is 0 Å². The van der Waals surface area contributed by atoms with Gasteiger partial charge in [-0.05, 0) is 25.3 Å². The number of hydrogen-bond donors (Lipinski definition) is 0. The lowest BCUT2D eigenvalue weighted by Gasteiger charge is -1.95. The molecule has 0 aromatic carbocycles. The second-order valence-corrected chi connectivity index (χ2v) is 2.64. The summed E-state index contributed by atoms with van der Waals surface area (Å²) in [5, 5.41) is 0. The minimum Gasteiger partial charge on any atom is -0.296 e. The van der Waals surface area contributed by atoms with E-state index in [0.717, 1.165) is 12.8 Å². The summed E-state index contributed by atoms with van der Waals surface area (Å²) in [6.07, 6.45) is 6.06. The first kappa shape index (κ1) is 10.2. The van der Waals surface area contributed by atoms with Gasteiger partial charge in [0, 0.05) is 13.3 Å². The van der Waals surface area contributed by atoms with Crippen molar-refractivity contribution in [3.63, 3.8) is 0 Å². The van der Waals surface area contributed by atoms with Crippen LogP contribution in [0.3, 0.4) is 0 Å². The first-order chi connectivity index (χ1) is 5.20. The Hall–Kier alpha value is -0.850. The summed E-state index contributed by atoms with van der Waals surface area (Å²) in [4.78, 5) is 3.92. The van der Waals surface area contributed by atoms with Crippen LogP contribution in [0.15, 0.2) is 28.8 Å². The standard InChI is InChI=1S/C10H17N/c1-5-9(2)6-7-10(3)8-11-4/h7-8H,2,5-6H2,1,3-4H3/b10-7-,11-8-. The van der Waals surface area contributed by atoms with E-state index in [2.05, 4.69) is 31.5 Å². The van der Waals surface area contributed by atoms with E-state index in [0.29, 0.717) is 0 Å². The molecule has 0 aliphatic carbocycles. The molecular weight excluding hydrogens is 134 g/mol. The van der Waals surface area contributed by atoms with Gasteiger partial charge < -0.3 is 0 Å². The summed E-state index contributed by atoms with van der Waals surface area (Å²) < 4.78 is 0. The zero-order valence-electron chi connectivity index (χ0n) is 7.72. The molecule has 0 aromatic rings. The highest BCUT2D eigenvalue weighted by atomic mass is 14.6. The number of hydrogen-bond acceptors (Lipinski definition) is 1. The van der Waals surface area contributed by atoms with E-state index in [1.807, 2.05) is 6.21 Å². The molecule has 0 spiro atoms. The zero-order valence-corrected chi connectivity index (χ0v) is 7.72. The van der Waals surface area contributed by atoms with Gasteiger partial charge in [-0.15, -0.1) is 0 Å². The van der Waals surface area contributed by atoms with Crippen LogP contribution in [0.1, 0.15) is 26.7 Å². The Bertz CT molecular complexity index is 175. The van der Waals surface area contributed by atoms with Gasteiger partial charge in [-0.2, -0.15) is 0 Å². The fourth-order valence-electron chi connectivity index (χ4n) is 0.706. The van der Waals surface area contributed by atoms with Crippen molar-refractivity contribution in [3.8, 4) is 0 Å². The molecule has 0 aliphatic rings. The number of allylic oxidation sites excluding steroid dienone is 3. The number of rotatable bonds is 4. The minimum absolute atomic E-state index is 0.981. The fourth-order valence-corrected chi connectivity index (χ4v) is 0.706. The van der Waals surface area contributed by atoms with Crippen LogP contribution in [0, 0.1) is 0 Å². The normalized spacial score (nSPS) is 12.5. The molecule has 0 fully saturated rings. The van der Waals surface area contributed by atoms with Crippen LogP contribution in [0.25, 0.3) is 0 Å². The molecule has 0 saturated carbocycles. The van der Waals surface area contributed by atoms with E-state index >= 15 is 0 Å². The summed E-state index contributed by atoms with van der Waals surface area (Å²) in [5.74, 6) is 0. The molecule has 0 bridgehead atoms. The van der Waals surface area contributed by atoms with Crippen LogP contribution in [0.4, 0.5) is 0 Å². The molecule has 0 heterocycles. The smallest absolute Gasteiger partial charge is 0.0277 e. The van der Waals surface area contributed by atoms with E-state index in [9.17, 15) is 0 Å². The Morgan fingerprint density at radius 3 is 2.64 bits per heavy atom. The molecule has 0 radical (unpaired) electrons. The number of aliphatic imine (C=N–C) groups is 1. The highest BCUT2D eigenvalue weighted by molar-refractivity contribution is 5.77. The topological polar surface area (TPSA) is 12.4 Å². The summed E-state index contributed by atoms with van der Waals surface area (Å²) in [7, 11) is 1.78. The van der Waals surface area contributed by atoms with E-state index in [1.165, 1.54) is 11.1 Å². The van der Waals surface area contributed by atoms with Gasteiger partial charge in [0.05, 0.1) is 0 Å². The third-order valence-corrected chi connectivity index (χ3v) is 1.55. The average molecular weight is 151 g/mol. The lowest BCUT2D eigenvalue weighted by molar-refractivity contribution is 1.04. The lowest BCUT2D eigenvalue weighted by Crippen LogP contribution is -1.80. The quantitative estimate of drug-likeness (QED) is 0.432. The van der Waals surface area contributed by atoms with E-state index < -0.39 is 0 Å². The summed E-state index contributed by atoms with van der Waals surface area (Å²) in [5.41, 5.74) is 2.48. The molecule has 0 atom stereocenters. The lowest BCUT2D eigenvalue weighted by atomic mass is 10.1. The van der Waals surface area contributed by atoms with Crippen molar-refractivity contribution >= 4 is 6.21 Å². The third-order valence-electron chi connectivity index (χ3n) is 1.55. The Balaban J connectivity index is 3.82. The van der Waals surface area contributed by atoms with Gasteiger partial charge in [0.2, 0.25) is 0 Å². The van der Waals surface area contributed by atoms with Crippen LogP contribution >= 0.6 is 0 Å². The van der Waals surface area contributed by atoms with Crippen molar-refractivity contribution in [1.29, 1.82) is 0 Å². The summed E-state index contributed by atoms with van der Waals surface area (Å²) in [6.45, 7) is 8.09. The SMILES string of the molecule is C=C(CC)C/C=C(C)\C=N/C. The van der Waals surface area contributed by atoms with Crippen molar-refractivity contribution in [2.45, 2.75) is 26.7 Å². The van der Waals surface area contributed by atoms with Crippen molar-refractivity contribution in [2.75, 3.05) is 7.05 Å². The molecule has 1 nitrogen and oxygen atoms in total. The maximum absolute atomic E-state index is 3.92. The number of nitrogens with zero attached hydrogens (tertiary/aromatic N) is 1. The maximum atomic E-state index is 3.92. The van der Waals surface area contributed by atoms with Crippen molar-refractivity contribution in [3.05, 3.63) is 23.8 Å². The Morgan fingerprint density at radius 2 is 2.18 bits per heavy atom. The Labute approximate surface area is 69.5 Å². The first-order valence-electron chi connectivity index (χ1n) is 3.96. The van der Waals surface area contributed by atoms with Gasteiger partial charge in [0.25, 0.3) is 0 Å². The van der Waals surface area contributed by atoms with Gasteiger partial charge >= 0.3 is 0 Å². The molecule has 0 aromatic heterocycles. The average Bonchev–Trinajstić information content (AvgIpc) is 2.01. The Morgan fingerprint density at radius 1 is 1.55 bits per heavy atom. The molecule has 0 amide bonds. The molecule has 11 heavy (non-hydrogen) atoms. The molecule has 1 heteroatoms. The molecular formula is C10H17N. The maximum Gasteiger partial charge on any atom is 0.0277 e. The van der Waals surface area contributed by atoms with Gasteiger partial charge in [0.15, 0.2) is 0 Å². The zero-order chi connectivity index (χ0) is 8.69. The van der Waals surface area contributed by atoms with Crippen molar-refractivity contribution in [2.24, 2.45) is 4.99 Å². The molecule has 0 aliphatic heterocycles. The molecule has 0 saturated heterocycles. The van der Waals surface area contributed by atoms with Crippen LogP contribution in [-0.2, 0) is 0 Å². The molecule has 0 rings (SSSR count). The monoisotopic (exact) mass is 151 g/mol. The van der Waals surface area contributed by atoms with Crippen LogP contribution in [0.5, 0.6) is 0 Å². The van der Waals surface area contributed by atoms with Crippen LogP contribution in [-0.4, -0.2) is 13.3 Å². The highest BCUT2D eigenvalue weighted by Gasteiger charge is 1.86. The van der Waals surface area contributed by atoms with E-state index in [-0.39, 0.29) is 0 Å². The fraction of sp³-hybridized carbons (Fsp3) is 0.500.